The molecule has 3 aromatic carbocycles. The molecule has 434 valence electrons. The van der Waals surface area contributed by atoms with Crippen molar-refractivity contribution in [3.8, 4) is 11.8 Å². The first-order valence-corrected chi connectivity index (χ1v) is 33.0. The molecule has 9 saturated carbocycles. The van der Waals surface area contributed by atoms with Gasteiger partial charge in [-0.1, -0.05) is 85.5 Å². The van der Waals surface area contributed by atoms with Crippen molar-refractivity contribution in [1.82, 2.24) is 5.32 Å². The van der Waals surface area contributed by atoms with E-state index in [1.54, 1.807) is 6.08 Å². The number of ether oxygens (including phenoxy) is 2. The number of hydrogen-bond acceptors (Lipinski definition) is 9. The number of aliphatic hydroxyl groups excluding tert-OH is 1. The molecule has 0 amide bonds. The molecule has 10 fully saturated rings. The normalized spacial score (nSPS) is 48.8. The fourth-order valence-electron chi connectivity index (χ4n) is 25.1. The van der Waals surface area contributed by atoms with E-state index in [1.165, 1.54) is 42.2 Å². The number of aryl methyl sites for hydroxylation is 1. The molecular weight excluding hydrogens is 1020 g/mol. The Morgan fingerprint density at radius 2 is 1.60 bits per heavy atom. The van der Waals surface area contributed by atoms with Crippen molar-refractivity contribution in [2.45, 2.75) is 196 Å². The number of aldehydes is 1. The SMILES string of the molecule is CNC1Cc2c(cccc2CO)C#CCCC23CCC4C(O)(CC5CC6CCC7C8OC(Cc9cccc(c9)CC9CCC(C9)C6C)C6CCC9C(CCc%10ccccc%10)CC6C98CC4(C=O)C57O)C2(O)CC2CC1C1OC(=O)C=C1C23. The van der Waals surface area contributed by atoms with Gasteiger partial charge < -0.3 is 40.0 Å². The number of carbonyl (C=O) groups excluding carboxylic acids is 2. The van der Waals surface area contributed by atoms with Crippen LogP contribution in [0.2, 0.25) is 0 Å². The van der Waals surface area contributed by atoms with E-state index in [9.17, 15) is 9.90 Å². The van der Waals surface area contributed by atoms with Gasteiger partial charge in [-0.3, -0.25) is 0 Å². The van der Waals surface area contributed by atoms with Crippen LogP contribution >= 0.6 is 0 Å². The Balaban J connectivity index is 0.873. The smallest absolute Gasteiger partial charge is 0.331 e. The van der Waals surface area contributed by atoms with Crippen LogP contribution in [0.25, 0.3) is 0 Å². The summed E-state index contributed by atoms with van der Waals surface area (Å²) in [6.07, 6.45) is 20.2. The molecular formula is C73H89NO8. The molecule has 82 heavy (non-hydrogen) atoms. The maximum absolute atomic E-state index is 15.9. The summed E-state index contributed by atoms with van der Waals surface area (Å²) in [5.41, 5.74) is 0.472. The van der Waals surface area contributed by atoms with E-state index >= 15 is 20.1 Å². The third-order valence-electron chi connectivity index (χ3n) is 28.0. The number of likely N-dealkylation sites (N-methyl/N-ethyl adjacent to an activating group) is 1. The minimum atomic E-state index is -1.73. The molecule has 14 aliphatic rings. The fraction of sp³-hybridized carbons (Fsp3) is 0.671. The Morgan fingerprint density at radius 1 is 0.793 bits per heavy atom. The van der Waals surface area contributed by atoms with Gasteiger partial charge in [0, 0.05) is 52.7 Å². The van der Waals surface area contributed by atoms with Crippen LogP contribution in [0, 0.1) is 111 Å². The van der Waals surface area contributed by atoms with Crippen LogP contribution in [0.5, 0.6) is 0 Å². The highest BCUT2D eigenvalue weighted by Gasteiger charge is 2.86. The standard InChI is InChI=1S/C73H89NO8/c1-42-48-19-18-46(30-48)29-44-12-8-13-45(28-44)31-62-54-22-24-58-50(20-17-43-10-4-3-5-11-43)34-60(54)70(58)40-69(41-76)63-25-27-68-26-7-6-14-47-15-9-16-51(39-75)55(47)35-61(74-2)56-33-52(65(68)57-36-64(77)82-66(56)57)37-72(68,79)71(63,78)38-53-32-49(42)21-23-59(67(70)81-62)73(53,69)80/h3-5,8-13,15-16,28,36,41-42,46,48-50,52-54,56,58-63,65-67,74-75,78-80H,7,17-27,29-35,37-40H2,1-2H3. The molecule has 24 atom stereocenters. The predicted octanol–water partition coefficient (Wildman–Crippen LogP) is 10.5. The summed E-state index contributed by atoms with van der Waals surface area (Å²) in [7, 11) is 1.98. The second-order valence-corrected chi connectivity index (χ2v) is 30.3. The Morgan fingerprint density at radius 3 is 2.43 bits per heavy atom. The average molecular weight is 1110 g/mol. The summed E-state index contributed by atoms with van der Waals surface area (Å²) in [4.78, 5) is 29.8. The van der Waals surface area contributed by atoms with E-state index in [1.807, 2.05) is 25.2 Å². The van der Waals surface area contributed by atoms with Crippen LogP contribution < -0.4 is 5.32 Å². The van der Waals surface area contributed by atoms with Gasteiger partial charge in [0.15, 0.2) is 0 Å². The summed E-state index contributed by atoms with van der Waals surface area (Å²) in [5, 5.41) is 59.8. The highest BCUT2D eigenvalue weighted by atomic mass is 16.5. The second-order valence-electron chi connectivity index (χ2n) is 30.3. The molecule has 0 aromatic heterocycles. The van der Waals surface area contributed by atoms with Crippen molar-refractivity contribution >= 4 is 12.3 Å². The van der Waals surface area contributed by atoms with Crippen molar-refractivity contribution in [2.75, 3.05) is 7.05 Å². The maximum Gasteiger partial charge on any atom is 0.331 e. The molecule has 2 spiro atoms. The first-order chi connectivity index (χ1) is 39.8. The van der Waals surface area contributed by atoms with Gasteiger partial charge in [-0.15, -0.1) is 0 Å². The number of nitrogens with one attached hydrogen (secondary N) is 1. The lowest BCUT2D eigenvalue weighted by atomic mass is 9.31. The van der Waals surface area contributed by atoms with Crippen LogP contribution in [0.15, 0.2) is 84.4 Å². The molecule has 11 aliphatic carbocycles. The zero-order valence-corrected chi connectivity index (χ0v) is 48.7. The lowest BCUT2D eigenvalue weighted by molar-refractivity contribution is -0.377. The summed E-state index contributed by atoms with van der Waals surface area (Å²) in [5.74, 6) is 8.26. The minimum absolute atomic E-state index is 0.0163. The zero-order valence-electron chi connectivity index (χ0n) is 48.7. The number of benzene rings is 3. The topological polar surface area (TPSA) is 146 Å². The number of esters is 1. The minimum Gasteiger partial charge on any atom is -0.454 e. The van der Waals surface area contributed by atoms with Gasteiger partial charge in [-0.2, -0.15) is 0 Å². The van der Waals surface area contributed by atoms with Gasteiger partial charge in [0.05, 0.1) is 35.4 Å². The Kier molecular flexibility index (Phi) is 12.5. The molecule has 17 rings (SSSR count). The Labute approximate surface area is 486 Å². The molecule has 24 unspecified atom stereocenters. The van der Waals surface area contributed by atoms with Gasteiger partial charge in [0.1, 0.15) is 18.0 Å². The maximum atomic E-state index is 15.9. The largest absolute Gasteiger partial charge is 0.454 e. The van der Waals surface area contributed by atoms with Crippen molar-refractivity contribution in [2.24, 2.45) is 99.1 Å². The van der Waals surface area contributed by atoms with E-state index in [0.29, 0.717) is 92.8 Å². The van der Waals surface area contributed by atoms with E-state index in [-0.39, 0.29) is 72.3 Å². The van der Waals surface area contributed by atoms with Gasteiger partial charge >= 0.3 is 5.97 Å². The fourth-order valence-corrected chi connectivity index (χ4v) is 25.1. The predicted molar refractivity (Wildman–Crippen MR) is 312 cm³/mol. The highest BCUT2D eigenvalue weighted by molar-refractivity contribution is 5.86. The van der Waals surface area contributed by atoms with E-state index in [2.05, 4.69) is 78.7 Å². The van der Waals surface area contributed by atoms with E-state index < -0.39 is 45.6 Å². The molecule has 3 heterocycles. The number of hydrogen-bond donors (Lipinski definition) is 5. The van der Waals surface area contributed by atoms with E-state index in [0.717, 1.165) is 86.5 Å². The molecule has 9 heteroatoms. The zero-order chi connectivity index (χ0) is 55.7. The first kappa shape index (κ1) is 53.3. The lowest BCUT2D eigenvalue weighted by Crippen LogP contribution is -2.83. The second kappa shape index (κ2) is 19.2. The van der Waals surface area contributed by atoms with Gasteiger partial charge in [-0.05, 0) is 246 Å². The summed E-state index contributed by atoms with van der Waals surface area (Å²) >= 11 is 0. The van der Waals surface area contributed by atoms with Crippen LogP contribution in [0.1, 0.15) is 156 Å². The van der Waals surface area contributed by atoms with Gasteiger partial charge in [0.2, 0.25) is 0 Å². The first-order valence-electron chi connectivity index (χ1n) is 33.0. The van der Waals surface area contributed by atoms with Gasteiger partial charge in [0.25, 0.3) is 0 Å². The number of rotatable bonds is 6. The molecule has 16 bridgehead atoms. The quantitative estimate of drug-likeness (QED) is 0.0925. The highest BCUT2D eigenvalue weighted by Crippen LogP contribution is 2.82. The summed E-state index contributed by atoms with van der Waals surface area (Å²) in [6.45, 7) is 2.41. The molecule has 0 radical (unpaired) electrons. The van der Waals surface area contributed by atoms with Crippen molar-refractivity contribution in [3.05, 3.63) is 118 Å². The molecule has 3 aliphatic heterocycles. The van der Waals surface area contributed by atoms with Crippen LogP contribution in [0.3, 0.4) is 0 Å². The van der Waals surface area contributed by atoms with Crippen LogP contribution in [-0.2, 0) is 51.4 Å². The van der Waals surface area contributed by atoms with Crippen LogP contribution in [0.4, 0.5) is 0 Å². The van der Waals surface area contributed by atoms with Crippen molar-refractivity contribution in [1.29, 1.82) is 0 Å². The number of fused-ring (bicyclic) bond motifs is 14. The van der Waals surface area contributed by atoms with Gasteiger partial charge in [-0.25, -0.2) is 4.79 Å². The molecule has 5 N–H and O–H groups in total. The molecule has 9 nitrogen and oxygen atoms in total. The number of aliphatic hydroxyl groups is 4. The Bertz CT molecular complexity index is 3150. The van der Waals surface area contributed by atoms with E-state index in [4.69, 9.17) is 9.47 Å². The average Bonchev–Trinajstić information content (AvgIpc) is 1.73. The number of carbonyl (C=O) groups is 2. The summed E-state index contributed by atoms with van der Waals surface area (Å²) < 4.78 is 14.6. The third-order valence-corrected chi connectivity index (χ3v) is 28.0. The molecule has 1 saturated heterocycles. The third kappa shape index (κ3) is 7.15. The summed E-state index contributed by atoms with van der Waals surface area (Å²) in [6, 6.07) is 26.4. The van der Waals surface area contributed by atoms with Crippen molar-refractivity contribution < 1.29 is 39.5 Å². The molecule has 3 aromatic rings. The lowest BCUT2D eigenvalue weighted by Gasteiger charge is -2.76. The monoisotopic (exact) mass is 1110 g/mol. The Hall–Kier alpha value is -4.14. The van der Waals surface area contributed by atoms with Crippen molar-refractivity contribution in [3.63, 3.8) is 0 Å². The van der Waals surface area contributed by atoms with Crippen LogP contribution in [-0.4, -0.2) is 80.9 Å².